The first kappa shape index (κ1) is 10.2. The van der Waals surface area contributed by atoms with E-state index in [2.05, 4.69) is 10.2 Å². The second-order valence-corrected chi connectivity index (χ2v) is 2.95. The Kier molecular flexibility index (Phi) is 3.17. The van der Waals surface area contributed by atoms with E-state index < -0.39 is 6.03 Å². The van der Waals surface area contributed by atoms with Crippen molar-refractivity contribution in [2.75, 3.05) is 19.0 Å². The average Bonchev–Trinajstić information content (AvgIpc) is 2.15. The van der Waals surface area contributed by atoms with E-state index in [1.165, 1.54) is 0 Å². The number of primary amides is 1. The van der Waals surface area contributed by atoms with Crippen LogP contribution in [0, 0.1) is 0 Å². The number of nitrogens with two attached hydrogens (primary N) is 1. The number of anilines is 1. The minimum absolute atomic E-state index is 0.606. The number of amides is 2. The van der Waals surface area contributed by atoms with Crippen molar-refractivity contribution in [3.63, 3.8) is 0 Å². The quantitative estimate of drug-likeness (QED) is 0.727. The number of azo groups is 1. The van der Waals surface area contributed by atoms with Gasteiger partial charge in [-0.3, -0.25) is 0 Å². The van der Waals surface area contributed by atoms with Crippen LogP contribution < -0.4 is 10.6 Å². The zero-order chi connectivity index (χ0) is 10.6. The number of benzene rings is 1. The molecule has 5 heteroatoms. The summed E-state index contributed by atoms with van der Waals surface area (Å²) in [4.78, 5) is 12.3. The molecule has 1 aromatic rings. The van der Waals surface area contributed by atoms with Gasteiger partial charge in [0.25, 0.3) is 0 Å². The highest BCUT2D eigenvalue weighted by molar-refractivity contribution is 5.72. The molecule has 14 heavy (non-hydrogen) atoms. The second kappa shape index (κ2) is 4.36. The molecule has 0 aliphatic heterocycles. The fourth-order valence-electron chi connectivity index (χ4n) is 0.924. The van der Waals surface area contributed by atoms with Crippen molar-refractivity contribution in [3.05, 3.63) is 24.3 Å². The van der Waals surface area contributed by atoms with Crippen LogP contribution in [0.1, 0.15) is 0 Å². The molecule has 0 atom stereocenters. The van der Waals surface area contributed by atoms with Gasteiger partial charge in [0, 0.05) is 19.8 Å². The van der Waals surface area contributed by atoms with Crippen LogP contribution in [0.3, 0.4) is 0 Å². The molecule has 74 valence electrons. The number of carbonyl (C=O) groups is 1. The van der Waals surface area contributed by atoms with Gasteiger partial charge in [-0.1, -0.05) is 5.11 Å². The Hall–Kier alpha value is -1.91. The fourth-order valence-corrected chi connectivity index (χ4v) is 0.924. The Balaban J connectivity index is 2.78. The molecule has 0 fully saturated rings. The smallest absolute Gasteiger partial charge is 0.356 e. The zero-order valence-corrected chi connectivity index (χ0v) is 8.14. The summed E-state index contributed by atoms with van der Waals surface area (Å²) in [5, 5.41) is 6.86. The van der Waals surface area contributed by atoms with E-state index in [0.29, 0.717) is 5.69 Å². The molecule has 5 nitrogen and oxygen atoms in total. The second-order valence-electron chi connectivity index (χ2n) is 2.95. The number of urea groups is 1. The zero-order valence-electron chi connectivity index (χ0n) is 8.14. The standard InChI is InChI=1S/C9H12N4O/c1-13(2)8-5-3-7(4-6-8)11-12-9(10)14/h3-6H,1-2H3,(H2,10,14). The minimum Gasteiger partial charge on any atom is -0.378 e. The molecule has 0 aliphatic rings. The van der Waals surface area contributed by atoms with Crippen molar-refractivity contribution >= 4 is 17.4 Å². The molecule has 0 saturated heterocycles. The number of hydrogen-bond acceptors (Lipinski definition) is 3. The maximum absolute atomic E-state index is 10.3. The monoisotopic (exact) mass is 192 g/mol. The Morgan fingerprint density at radius 3 is 2.29 bits per heavy atom. The van der Waals surface area contributed by atoms with Gasteiger partial charge in [0.2, 0.25) is 0 Å². The van der Waals surface area contributed by atoms with Crippen LogP contribution in [0.15, 0.2) is 34.5 Å². The van der Waals surface area contributed by atoms with E-state index in [1.54, 1.807) is 12.1 Å². The van der Waals surface area contributed by atoms with Gasteiger partial charge in [-0.05, 0) is 24.3 Å². The summed E-state index contributed by atoms with van der Waals surface area (Å²) >= 11 is 0. The fraction of sp³-hybridized carbons (Fsp3) is 0.222. The molecule has 0 aliphatic carbocycles. The summed E-state index contributed by atoms with van der Waals surface area (Å²) in [7, 11) is 3.89. The summed E-state index contributed by atoms with van der Waals surface area (Å²) in [5.41, 5.74) is 6.48. The SMILES string of the molecule is CN(C)c1ccc(N=NC(N)=O)cc1. The van der Waals surface area contributed by atoms with Crippen molar-refractivity contribution in [1.82, 2.24) is 0 Å². The summed E-state index contributed by atoms with van der Waals surface area (Å²) in [5.74, 6) is 0. The van der Waals surface area contributed by atoms with Gasteiger partial charge in [-0.15, -0.1) is 5.11 Å². The highest BCUT2D eigenvalue weighted by atomic mass is 16.2. The van der Waals surface area contributed by atoms with Crippen LogP contribution in [0.2, 0.25) is 0 Å². The Morgan fingerprint density at radius 1 is 1.29 bits per heavy atom. The molecule has 0 saturated carbocycles. The lowest BCUT2D eigenvalue weighted by atomic mass is 10.3. The molecule has 1 aromatic carbocycles. The number of carbonyl (C=O) groups excluding carboxylic acids is 1. The molecular formula is C9H12N4O. The molecule has 1 rings (SSSR count). The van der Waals surface area contributed by atoms with Crippen molar-refractivity contribution in [1.29, 1.82) is 0 Å². The lowest BCUT2D eigenvalue weighted by Crippen LogP contribution is -2.07. The lowest BCUT2D eigenvalue weighted by molar-refractivity contribution is 0.255. The van der Waals surface area contributed by atoms with Crippen molar-refractivity contribution < 1.29 is 4.79 Å². The van der Waals surface area contributed by atoms with Crippen LogP contribution >= 0.6 is 0 Å². The molecule has 2 amide bonds. The van der Waals surface area contributed by atoms with E-state index in [1.807, 2.05) is 31.1 Å². The lowest BCUT2D eigenvalue weighted by Gasteiger charge is -2.11. The van der Waals surface area contributed by atoms with Crippen molar-refractivity contribution in [3.8, 4) is 0 Å². The maximum Gasteiger partial charge on any atom is 0.356 e. The summed E-state index contributed by atoms with van der Waals surface area (Å²) in [6.45, 7) is 0. The van der Waals surface area contributed by atoms with E-state index >= 15 is 0 Å². The van der Waals surface area contributed by atoms with Crippen LogP contribution in [0.4, 0.5) is 16.2 Å². The number of rotatable bonds is 2. The van der Waals surface area contributed by atoms with Gasteiger partial charge >= 0.3 is 6.03 Å². The van der Waals surface area contributed by atoms with Crippen molar-refractivity contribution in [2.24, 2.45) is 16.0 Å². The third-order valence-electron chi connectivity index (χ3n) is 1.63. The molecule has 0 spiro atoms. The van der Waals surface area contributed by atoms with Gasteiger partial charge in [0.15, 0.2) is 0 Å². The maximum atomic E-state index is 10.3. The van der Waals surface area contributed by atoms with Crippen molar-refractivity contribution in [2.45, 2.75) is 0 Å². The normalized spacial score (nSPS) is 10.4. The average molecular weight is 192 g/mol. The molecule has 2 N–H and O–H groups in total. The first-order chi connectivity index (χ1) is 6.59. The number of nitrogens with zero attached hydrogens (tertiary/aromatic N) is 3. The molecule has 0 bridgehead atoms. The highest BCUT2D eigenvalue weighted by Gasteiger charge is 1.94. The molecule has 0 heterocycles. The topological polar surface area (TPSA) is 71.1 Å². The van der Waals surface area contributed by atoms with Crippen LogP contribution in [-0.4, -0.2) is 20.1 Å². The molecule has 0 radical (unpaired) electrons. The third-order valence-corrected chi connectivity index (χ3v) is 1.63. The number of hydrogen-bond donors (Lipinski definition) is 1. The summed E-state index contributed by atoms with van der Waals surface area (Å²) in [6.07, 6.45) is 0. The first-order valence-corrected chi connectivity index (χ1v) is 4.08. The molecule has 0 unspecified atom stereocenters. The predicted octanol–water partition coefficient (Wildman–Crippen LogP) is 1.91. The summed E-state index contributed by atoms with van der Waals surface area (Å²) < 4.78 is 0. The molecule has 0 aromatic heterocycles. The van der Waals surface area contributed by atoms with E-state index in [4.69, 9.17) is 5.73 Å². The Labute approximate surface area is 82.2 Å². The largest absolute Gasteiger partial charge is 0.378 e. The predicted molar refractivity (Wildman–Crippen MR) is 54.9 cm³/mol. The van der Waals surface area contributed by atoms with E-state index in [9.17, 15) is 4.79 Å². The van der Waals surface area contributed by atoms with E-state index in [-0.39, 0.29) is 0 Å². The molecular weight excluding hydrogens is 180 g/mol. The highest BCUT2D eigenvalue weighted by Crippen LogP contribution is 2.17. The summed E-state index contributed by atoms with van der Waals surface area (Å²) in [6, 6.07) is 6.51. The van der Waals surface area contributed by atoms with Crippen LogP contribution in [-0.2, 0) is 0 Å². The van der Waals surface area contributed by atoms with Crippen LogP contribution in [0.5, 0.6) is 0 Å². The van der Waals surface area contributed by atoms with Gasteiger partial charge in [-0.2, -0.15) is 0 Å². The Morgan fingerprint density at radius 2 is 1.86 bits per heavy atom. The van der Waals surface area contributed by atoms with Gasteiger partial charge in [0.1, 0.15) is 0 Å². The minimum atomic E-state index is -0.790. The van der Waals surface area contributed by atoms with E-state index in [0.717, 1.165) is 5.69 Å². The van der Waals surface area contributed by atoms with Gasteiger partial charge in [0.05, 0.1) is 5.69 Å². The van der Waals surface area contributed by atoms with Gasteiger partial charge < -0.3 is 10.6 Å². The van der Waals surface area contributed by atoms with Crippen LogP contribution in [0.25, 0.3) is 0 Å². The van der Waals surface area contributed by atoms with Gasteiger partial charge in [-0.25, -0.2) is 4.79 Å². The Bertz CT molecular complexity index is 342. The third kappa shape index (κ3) is 2.85. The first-order valence-electron chi connectivity index (χ1n) is 4.08.